The molecule has 0 saturated carbocycles. The van der Waals surface area contributed by atoms with Crippen LogP contribution in [0.3, 0.4) is 0 Å². The first kappa shape index (κ1) is 18.6. The third-order valence-electron chi connectivity index (χ3n) is 5.10. The number of hydrogen-bond donors (Lipinski definition) is 1. The number of hydrogen-bond acceptors (Lipinski definition) is 4. The van der Waals surface area contributed by atoms with E-state index in [2.05, 4.69) is 44.4 Å². The van der Waals surface area contributed by atoms with Crippen LogP contribution >= 0.6 is 0 Å². The highest BCUT2D eigenvalue weighted by molar-refractivity contribution is 5.80. The predicted molar refractivity (Wildman–Crippen MR) is 107 cm³/mol. The van der Waals surface area contributed by atoms with Crippen LogP contribution in [0.15, 0.2) is 47.5 Å². The summed E-state index contributed by atoms with van der Waals surface area (Å²) >= 11 is 0. The molecular weight excluding hydrogens is 359 g/mol. The molecule has 4 rings (SSSR count). The molecule has 0 aliphatic carbocycles. The molecule has 148 valence electrons. The highest BCUT2D eigenvalue weighted by Gasteiger charge is 2.21. The average molecular weight is 384 g/mol. The van der Waals surface area contributed by atoms with E-state index in [-0.39, 0.29) is 12.6 Å². The third-order valence-corrected chi connectivity index (χ3v) is 5.10. The molecule has 0 radical (unpaired) electrons. The van der Waals surface area contributed by atoms with Crippen molar-refractivity contribution in [1.29, 1.82) is 0 Å². The molecule has 1 saturated heterocycles. The molecular formula is C21H25FN4O2. The first-order chi connectivity index (χ1) is 13.7. The van der Waals surface area contributed by atoms with E-state index in [1.807, 2.05) is 6.07 Å². The van der Waals surface area contributed by atoms with Gasteiger partial charge in [-0.3, -0.25) is 4.99 Å². The van der Waals surface area contributed by atoms with Gasteiger partial charge >= 0.3 is 0 Å². The maximum atomic E-state index is 13.9. The van der Waals surface area contributed by atoms with E-state index < -0.39 is 0 Å². The van der Waals surface area contributed by atoms with Crippen molar-refractivity contribution in [2.24, 2.45) is 4.99 Å². The lowest BCUT2D eigenvalue weighted by Crippen LogP contribution is -2.52. The van der Waals surface area contributed by atoms with Gasteiger partial charge in [-0.25, -0.2) is 4.39 Å². The molecule has 0 unspecified atom stereocenters. The van der Waals surface area contributed by atoms with Gasteiger partial charge in [0.15, 0.2) is 12.8 Å². The highest BCUT2D eigenvalue weighted by Crippen LogP contribution is 2.29. The minimum absolute atomic E-state index is 0.196. The molecule has 1 fully saturated rings. The molecule has 0 aromatic heterocycles. The molecule has 1 N–H and O–H groups in total. The van der Waals surface area contributed by atoms with E-state index in [0.29, 0.717) is 18.9 Å². The largest absolute Gasteiger partial charge is 0.467 e. The number of benzene rings is 2. The second-order valence-corrected chi connectivity index (χ2v) is 6.87. The Labute approximate surface area is 164 Å². The van der Waals surface area contributed by atoms with E-state index in [1.54, 1.807) is 7.05 Å². The quantitative estimate of drug-likeness (QED) is 0.651. The molecule has 7 heteroatoms. The molecule has 28 heavy (non-hydrogen) atoms. The smallest absolute Gasteiger partial charge is 0.194 e. The van der Waals surface area contributed by atoms with Gasteiger partial charge in [-0.05, 0) is 24.3 Å². The fraction of sp³-hybridized carbons (Fsp3) is 0.381. The van der Waals surface area contributed by atoms with Gasteiger partial charge in [0, 0.05) is 56.6 Å². The van der Waals surface area contributed by atoms with Crippen molar-refractivity contribution in [3.8, 4) is 5.75 Å². The number of piperazine rings is 1. The fourth-order valence-corrected chi connectivity index (χ4v) is 3.71. The second-order valence-electron chi connectivity index (χ2n) is 6.87. The summed E-state index contributed by atoms with van der Waals surface area (Å²) in [6.45, 7) is 4.63. The van der Waals surface area contributed by atoms with Gasteiger partial charge < -0.3 is 24.6 Å². The van der Waals surface area contributed by atoms with Gasteiger partial charge in [0.05, 0.1) is 6.61 Å². The molecule has 2 aliphatic rings. The zero-order valence-corrected chi connectivity index (χ0v) is 16.0. The Morgan fingerprint density at radius 3 is 2.68 bits per heavy atom. The normalized spacial score (nSPS) is 17.1. The molecule has 0 amide bonds. The number of fused-ring (bicyclic) bond motifs is 1. The first-order valence-electron chi connectivity index (χ1n) is 9.52. The number of anilines is 1. The van der Waals surface area contributed by atoms with Crippen LogP contribution in [-0.4, -0.2) is 50.9 Å². The summed E-state index contributed by atoms with van der Waals surface area (Å²) in [5, 5.41) is 3.36. The number of guanidine groups is 1. The number of nitrogens with zero attached hydrogens (tertiary/aromatic N) is 3. The van der Waals surface area contributed by atoms with E-state index in [4.69, 9.17) is 9.47 Å². The lowest BCUT2D eigenvalue weighted by molar-refractivity contribution is -0.0173. The second kappa shape index (κ2) is 8.48. The van der Waals surface area contributed by atoms with Crippen LogP contribution in [-0.2, 0) is 17.9 Å². The molecule has 0 spiro atoms. The summed E-state index contributed by atoms with van der Waals surface area (Å²) in [6, 6.07) is 13.4. The van der Waals surface area contributed by atoms with Crippen LogP contribution in [0.5, 0.6) is 5.75 Å². The van der Waals surface area contributed by atoms with Crippen LogP contribution in [0.25, 0.3) is 0 Å². The summed E-state index contributed by atoms with van der Waals surface area (Å²) in [4.78, 5) is 9.02. The maximum Gasteiger partial charge on any atom is 0.194 e. The van der Waals surface area contributed by atoms with E-state index >= 15 is 0 Å². The number of aliphatic imine (C=N–C) groups is 1. The Morgan fingerprint density at radius 1 is 1.14 bits per heavy atom. The summed E-state index contributed by atoms with van der Waals surface area (Å²) in [5.74, 6) is 1.25. The number of halogens is 1. The Balaban J connectivity index is 1.38. The maximum absolute atomic E-state index is 13.9. The lowest BCUT2D eigenvalue weighted by Gasteiger charge is -2.37. The molecule has 2 aromatic carbocycles. The fourth-order valence-electron chi connectivity index (χ4n) is 3.71. The molecule has 2 aliphatic heterocycles. The minimum atomic E-state index is -0.281. The van der Waals surface area contributed by atoms with E-state index in [0.717, 1.165) is 43.3 Å². The molecule has 0 atom stereocenters. The van der Waals surface area contributed by atoms with Crippen LogP contribution in [0.4, 0.5) is 10.1 Å². The first-order valence-corrected chi connectivity index (χ1v) is 9.52. The van der Waals surface area contributed by atoms with E-state index in [9.17, 15) is 4.39 Å². The van der Waals surface area contributed by atoms with Crippen LogP contribution in [0.1, 0.15) is 11.1 Å². The summed E-state index contributed by atoms with van der Waals surface area (Å²) < 4.78 is 24.8. The molecule has 6 nitrogen and oxygen atoms in total. The lowest BCUT2D eigenvalue weighted by atomic mass is 10.1. The van der Waals surface area contributed by atoms with Crippen molar-refractivity contribution in [2.45, 2.75) is 13.2 Å². The monoisotopic (exact) mass is 384 g/mol. The van der Waals surface area contributed by atoms with E-state index in [1.165, 1.54) is 17.8 Å². The Kier molecular flexibility index (Phi) is 5.62. The van der Waals surface area contributed by atoms with Gasteiger partial charge in [0.1, 0.15) is 11.6 Å². The zero-order chi connectivity index (χ0) is 19.3. The van der Waals surface area contributed by atoms with Crippen molar-refractivity contribution >= 4 is 11.6 Å². The van der Waals surface area contributed by atoms with Crippen LogP contribution in [0, 0.1) is 5.82 Å². The number of ether oxygens (including phenoxy) is 2. The van der Waals surface area contributed by atoms with Gasteiger partial charge in [-0.15, -0.1) is 0 Å². The predicted octanol–water partition coefficient (Wildman–Crippen LogP) is 2.59. The number of rotatable bonds is 3. The van der Waals surface area contributed by atoms with Crippen LogP contribution in [0.2, 0.25) is 0 Å². The number of para-hydroxylation sites is 1. The Bertz CT molecular complexity index is 836. The summed E-state index contributed by atoms with van der Waals surface area (Å²) in [5.41, 5.74) is 2.77. The SMILES string of the molecule is CN=C(NCc1cc(F)cc2c1OCOC2)N1CCN(c2ccccc2)CC1. The number of nitrogens with one attached hydrogen (secondary N) is 1. The van der Waals surface area contributed by atoms with Gasteiger partial charge in [0.2, 0.25) is 0 Å². The van der Waals surface area contributed by atoms with Gasteiger partial charge in [0.25, 0.3) is 0 Å². The molecule has 0 bridgehead atoms. The average Bonchev–Trinajstić information content (AvgIpc) is 2.75. The Morgan fingerprint density at radius 2 is 1.93 bits per heavy atom. The van der Waals surface area contributed by atoms with Crippen LogP contribution < -0.4 is 15.0 Å². The van der Waals surface area contributed by atoms with Crippen molar-refractivity contribution in [3.63, 3.8) is 0 Å². The molecule has 2 aromatic rings. The van der Waals surface area contributed by atoms with Crippen molar-refractivity contribution in [3.05, 3.63) is 59.4 Å². The van der Waals surface area contributed by atoms with Gasteiger partial charge in [-0.2, -0.15) is 0 Å². The standard InChI is InChI=1S/C21H25FN4O2/c1-23-21(26-9-7-25(8-10-26)19-5-3-2-4-6-19)24-13-16-11-18(22)12-17-14-27-15-28-20(16)17/h2-6,11-12H,7-10,13-15H2,1H3,(H,23,24). The topological polar surface area (TPSA) is 49.3 Å². The van der Waals surface area contributed by atoms with Crippen molar-refractivity contribution < 1.29 is 13.9 Å². The highest BCUT2D eigenvalue weighted by atomic mass is 19.1. The summed E-state index contributed by atoms with van der Waals surface area (Å²) in [6.07, 6.45) is 0. The van der Waals surface area contributed by atoms with Gasteiger partial charge in [-0.1, -0.05) is 18.2 Å². The third kappa shape index (κ3) is 4.04. The molecule has 2 heterocycles. The van der Waals surface area contributed by atoms with Crippen molar-refractivity contribution in [2.75, 3.05) is 44.9 Å². The minimum Gasteiger partial charge on any atom is -0.467 e. The van der Waals surface area contributed by atoms with Crippen molar-refractivity contribution in [1.82, 2.24) is 10.2 Å². The Hall–Kier alpha value is -2.80. The zero-order valence-electron chi connectivity index (χ0n) is 16.0. The summed E-state index contributed by atoms with van der Waals surface area (Å²) in [7, 11) is 1.78.